The number of nitrogens with zero attached hydrogens (tertiary/aromatic N) is 3. The first-order valence-electron chi connectivity index (χ1n) is 5.34. The van der Waals surface area contributed by atoms with Gasteiger partial charge in [-0.05, 0) is 15.9 Å². The Hall–Kier alpha value is -1.41. The normalized spacial score (nSPS) is 19.7. The lowest BCUT2D eigenvalue weighted by molar-refractivity contribution is -0.154. The van der Waals surface area contributed by atoms with Crippen molar-refractivity contribution in [2.45, 2.75) is 6.10 Å². The monoisotopic (exact) mass is 316 g/mol. The molecule has 1 atom stereocenters. The largest absolute Gasteiger partial charge is 0.467 e. The molecule has 1 aliphatic heterocycles. The van der Waals surface area contributed by atoms with Crippen LogP contribution in [0.1, 0.15) is 0 Å². The van der Waals surface area contributed by atoms with Crippen molar-refractivity contribution in [3.8, 4) is 0 Å². The summed E-state index contributed by atoms with van der Waals surface area (Å²) in [6.45, 7) is 1.36. The number of nitrogen functional groups attached to an aromatic ring is 1. The van der Waals surface area contributed by atoms with E-state index in [0.29, 0.717) is 36.1 Å². The van der Waals surface area contributed by atoms with Gasteiger partial charge in [0.15, 0.2) is 6.10 Å². The van der Waals surface area contributed by atoms with Gasteiger partial charge in [0.05, 0.1) is 20.3 Å². The Kier molecular flexibility index (Phi) is 3.97. The van der Waals surface area contributed by atoms with Crippen LogP contribution in [-0.4, -0.2) is 48.8 Å². The number of morpholine rings is 1. The number of rotatable bonds is 2. The van der Waals surface area contributed by atoms with Gasteiger partial charge in [-0.1, -0.05) is 0 Å². The van der Waals surface area contributed by atoms with Crippen LogP contribution in [0.3, 0.4) is 0 Å². The molecule has 7 nitrogen and oxygen atoms in total. The lowest BCUT2D eigenvalue weighted by atomic mass is 10.3. The third-order valence-electron chi connectivity index (χ3n) is 2.52. The maximum Gasteiger partial charge on any atom is 0.336 e. The van der Waals surface area contributed by atoms with Gasteiger partial charge in [0, 0.05) is 12.6 Å². The van der Waals surface area contributed by atoms with Gasteiger partial charge in [-0.15, -0.1) is 0 Å². The van der Waals surface area contributed by atoms with Crippen LogP contribution in [0.5, 0.6) is 0 Å². The van der Waals surface area contributed by atoms with E-state index in [-0.39, 0.29) is 0 Å². The van der Waals surface area contributed by atoms with Crippen molar-refractivity contribution in [3.63, 3.8) is 0 Å². The number of nitrogens with two attached hydrogens (primary N) is 1. The first-order chi connectivity index (χ1) is 8.60. The molecule has 98 valence electrons. The third-order valence-corrected chi connectivity index (χ3v) is 2.92. The fourth-order valence-electron chi connectivity index (χ4n) is 1.67. The molecule has 0 saturated carbocycles. The predicted molar refractivity (Wildman–Crippen MR) is 68.1 cm³/mol. The quantitative estimate of drug-likeness (QED) is 0.615. The summed E-state index contributed by atoms with van der Waals surface area (Å²) >= 11 is 3.26. The Balaban J connectivity index is 2.15. The molecule has 1 aromatic heterocycles. The van der Waals surface area contributed by atoms with Crippen molar-refractivity contribution >= 4 is 33.7 Å². The fourth-order valence-corrected chi connectivity index (χ4v) is 2.06. The lowest BCUT2D eigenvalue weighted by Crippen LogP contribution is -2.47. The van der Waals surface area contributed by atoms with Crippen molar-refractivity contribution in [3.05, 3.63) is 10.7 Å². The molecule has 1 saturated heterocycles. The minimum Gasteiger partial charge on any atom is -0.467 e. The van der Waals surface area contributed by atoms with Crippen LogP contribution < -0.4 is 10.6 Å². The summed E-state index contributed by atoms with van der Waals surface area (Å²) in [4.78, 5) is 21.6. The number of carbonyl (C=O) groups excluding carboxylic acids is 1. The van der Waals surface area contributed by atoms with Crippen LogP contribution in [0.2, 0.25) is 0 Å². The summed E-state index contributed by atoms with van der Waals surface area (Å²) in [5, 5.41) is 0. The summed E-state index contributed by atoms with van der Waals surface area (Å²) in [5.74, 6) is 0.440. The number of esters is 1. The summed E-state index contributed by atoms with van der Waals surface area (Å²) < 4.78 is 10.6. The number of hydrogen-bond acceptors (Lipinski definition) is 7. The molecule has 0 amide bonds. The second-order valence-corrected chi connectivity index (χ2v) is 4.56. The highest BCUT2D eigenvalue weighted by atomic mass is 79.9. The van der Waals surface area contributed by atoms with E-state index in [2.05, 4.69) is 30.6 Å². The molecule has 1 aliphatic rings. The van der Waals surface area contributed by atoms with Crippen molar-refractivity contribution in [1.29, 1.82) is 0 Å². The molecule has 0 aromatic carbocycles. The van der Waals surface area contributed by atoms with Crippen molar-refractivity contribution < 1.29 is 14.3 Å². The number of hydrogen-bond donors (Lipinski definition) is 1. The van der Waals surface area contributed by atoms with Gasteiger partial charge in [-0.25, -0.2) is 9.78 Å². The first-order valence-corrected chi connectivity index (χ1v) is 6.14. The van der Waals surface area contributed by atoms with E-state index in [1.165, 1.54) is 7.11 Å². The smallest absolute Gasteiger partial charge is 0.336 e. The zero-order valence-corrected chi connectivity index (χ0v) is 11.4. The van der Waals surface area contributed by atoms with Crippen LogP contribution in [0.4, 0.5) is 11.8 Å². The highest BCUT2D eigenvalue weighted by Crippen LogP contribution is 2.18. The molecule has 0 spiro atoms. The Morgan fingerprint density at radius 1 is 1.67 bits per heavy atom. The van der Waals surface area contributed by atoms with Gasteiger partial charge in [-0.2, -0.15) is 4.98 Å². The van der Waals surface area contributed by atoms with Crippen LogP contribution in [0.25, 0.3) is 0 Å². The lowest BCUT2D eigenvalue weighted by Gasteiger charge is -2.31. The maximum absolute atomic E-state index is 11.4. The molecule has 18 heavy (non-hydrogen) atoms. The predicted octanol–water partition coefficient (Wildman–Crippen LogP) is 0.199. The molecule has 0 aliphatic carbocycles. The van der Waals surface area contributed by atoms with E-state index in [0.717, 1.165) is 0 Å². The first kappa shape index (κ1) is 13.0. The van der Waals surface area contributed by atoms with Crippen molar-refractivity contribution in [1.82, 2.24) is 9.97 Å². The minimum absolute atomic E-state index is 0.350. The van der Waals surface area contributed by atoms with Gasteiger partial charge in [0.1, 0.15) is 10.4 Å². The molecule has 2 N–H and O–H groups in total. The molecule has 1 aromatic rings. The SMILES string of the molecule is COC(=O)C1CN(c2nc(N)cc(Br)n2)CCO1. The molecule has 2 heterocycles. The number of halogens is 1. The molecule has 1 fully saturated rings. The van der Waals surface area contributed by atoms with E-state index in [9.17, 15) is 4.79 Å². The average molecular weight is 317 g/mol. The highest BCUT2D eigenvalue weighted by Gasteiger charge is 2.28. The molecule has 8 heteroatoms. The molecule has 1 unspecified atom stereocenters. The van der Waals surface area contributed by atoms with Gasteiger partial charge in [0.25, 0.3) is 0 Å². The van der Waals surface area contributed by atoms with E-state index >= 15 is 0 Å². The Morgan fingerprint density at radius 2 is 2.44 bits per heavy atom. The number of carbonyl (C=O) groups is 1. The van der Waals surface area contributed by atoms with Crippen molar-refractivity contribution in [2.75, 3.05) is 37.4 Å². The number of ether oxygens (including phenoxy) is 2. The number of anilines is 2. The van der Waals surface area contributed by atoms with Gasteiger partial charge in [-0.3, -0.25) is 0 Å². The highest BCUT2D eigenvalue weighted by molar-refractivity contribution is 9.10. The average Bonchev–Trinajstić information content (AvgIpc) is 2.37. The van der Waals surface area contributed by atoms with Gasteiger partial charge >= 0.3 is 5.97 Å². The Labute approximate surface area is 112 Å². The fraction of sp³-hybridized carbons (Fsp3) is 0.500. The van der Waals surface area contributed by atoms with Crippen molar-refractivity contribution in [2.24, 2.45) is 0 Å². The molecule has 2 rings (SSSR count). The second kappa shape index (κ2) is 5.49. The molecular weight excluding hydrogens is 304 g/mol. The summed E-state index contributed by atoms with van der Waals surface area (Å²) in [6, 6.07) is 1.61. The topological polar surface area (TPSA) is 90.6 Å². The summed E-state index contributed by atoms with van der Waals surface area (Å²) in [5.41, 5.74) is 5.66. The minimum atomic E-state index is -0.618. The second-order valence-electron chi connectivity index (χ2n) is 3.74. The standard InChI is InChI=1S/C10H13BrN4O3/c1-17-9(16)6-5-15(2-3-18-6)10-13-7(11)4-8(12)14-10/h4,6H,2-3,5H2,1H3,(H2,12,13,14). The third kappa shape index (κ3) is 2.88. The molecule has 0 bridgehead atoms. The summed E-state index contributed by atoms with van der Waals surface area (Å²) in [6.07, 6.45) is -0.618. The molecular formula is C10H13BrN4O3. The number of methoxy groups -OCH3 is 1. The zero-order chi connectivity index (χ0) is 13.1. The maximum atomic E-state index is 11.4. The summed E-state index contributed by atoms with van der Waals surface area (Å²) in [7, 11) is 1.33. The van der Waals surface area contributed by atoms with E-state index < -0.39 is 12.1 Å². The van der Waals surface area contributed by atoms with Crippen LogP contribution >= 0.6 is 15.9 Å². The van der Waals surface area contributed by atoms with Crippen LogP contribution in [0.15, 0.2) is 10.7 Å². The Bertz CT molecular complexity index is 436. The number of aromatic nitrogens is 2. The van der Waals surface area contributed by atoms with Gasteiger partial charge in [0.2, 0.25) is 5.95 Å². The van der Waals surface area contributed by atoms with E-state index in [4.69, 9.17) is 10.5 Å². The van der Waals surface area contributed by atoms with Crippen LogP contribution in [-0.2, 0) is 14.3 Å². The zero-order valence-electron chi connectivity index (χ0n) is 9.80. The van der Waals surface area contributed by atoms with Crippen LogP contribution in [0, 0.1) is 0 Å². The van der Waals surface area contributed by atoms with E-state index in [1.54, 1.807) is 6.07 Å². The van der Waals surface area contributed by atoms with Gasteiger partial charge < -0.3 is 20.1 Å². The van der Waals surface area contributed by atoms with E-state index in [1.807, 2.05) is 4.90 Å². The Morgan fingerprint density at radius 3 is 3.11 bits per heavy atom. The molecule has 0 radical (unpaired) electrons.